The Kier molecular flexibility index (Phi) is 7.43. The van der Waals surface area contributed by atoms with Gasteiger partial charge in [0, 0.05) is 31.9 Å². The van der Waals surface area contributed by atoms with Crippen molar-refractivity contribution in [2.45, 2.75) is 25.7 Å². The molecule has 1 aromatic carbocycles. The van der Waals surface area contributed by atoms with Gasteiger partial charge in [-0.05, 0) is 63.6 Å². The lowest BCUT2D eigenvalue weighted by Gasteiger charge is -2.35. The lowest BCUT2D eigenvalue weighted by atomic mass is 10.1. The number of amides is 2. The number of nitrogens with one attached hydrogen (secondary N) is 1. The number of hydrogen-bond acceptors (Lipinski definition) is 3. The minimum Gasteiger partial charge on any atom is -0.322 e. The number of urea groups is 1. The van der Waals surface area contributed by atoms with Crippen LogP contribution in [-0.2, 0) is 0 Å². The Labute approximate surface area is 166 Å². The van der Waals surface area contributed by atoms with E-state index >= 15 is 0 Å². The van der Waals surface area contributed by atoms with Crippen LogP contribution in [0.5, 0.6) is 0 Å². The molecule has 0 aromatic heterocycles. The van der Waals surface area contributed by atoms with Crippen molar-refractivity contribution >= 4 is 34.9 Å². The van der Waals surface area contributed by atoms with E-state index in [9.17, 15) is 4.79 Å². The third-order valence-electron chi connectivity index (χ3n) is 5.23. The number of nitrogens with zero attached hydrogens (tertiary/aromatic N) is 3. The highest BCUT2D eigenvalue weighted by Gasteiger charge is 2.21. The maximum Gasteiger partial charge on any atom is 0.321 e. The molecule has 144 valence electrons. The van der Waals surface area contributed by atoms with Crippen molar-refractivity contribution in [3.63, 3.8) is 0 Å². The first-order chi connectivity index (χ1) is 12.6. The Hall–Kier alpha value is -1.01. The second kappa shape index (κ2) is 9.79. The molecule has 1 N–H and O–H groups in total. The molecule has 0 saturated carbocycles. The Morgan fingerprint density at radius 3 is 2.19 bits per heavy atom. The number of benzene rings is 1. The van der Waals surface area contributed by atoms with E-state index in [4.69, 9.17) is 23.2 Å². The van der Waals surface area contributed by atoms with E-state index in [0.29, 0.717) is 15.7 Å². The molecule has 0 aliphatic carbocycles. The zero-order valence-electron chi connectivity index (χ0n) is 15.2. The smallest absolute Gasteiger partial charge is 0.321 e. The molecule has 2 fully saturated rings. The van der Waals surface area contributed by atoms with Crippen molar-refractivity contribution in [2.24, 2.45) is 0 Å². The van der Waals surface area contributed by atoms with Crippen molar-refractivity contribution in [1.29, 1.82) is 0 Å². The molecule has 3 rings (SSSR count). The van der Waals surface area contributed by atoms with Crippen molar-refractivity contribution in [1.82, 2.24) is 14.7 Å². The standard InChI is InChI=1S/C19H28Cl2N4O/c20-17-6-5-16(15-18(17)21)22-19(26)25-13-11-24(12-14-25)10-4-9-23-7-2-1-3-8-23/h5-6,15H,1-4,7-14H2,(H,22,26). The van der Waals surface area contributed by atoms with Crippen LogP contribution in [0.1, 0.15) is 25.7 Å². The number of carbonyl (C=O) groups is 1. The van der Waals surface area contributed by atoms with Gasteiger partial charge in [0.1, 0.15) is 0 Å². The first-order valence-corrected chi connectivity index (χ1v) is 10.3. The second-order valence-corrected chi connectivity index (χ2v) is 7.96. The largest absolute Gasteiger partial charge is 0.322 e. The van der Waals surface area contributed by atoms with Gasteiger partial charge in [-0.25, -0.2) is 4.79 Å². The van der Waals surface area contributed by atoms with Gasteiger partial charge >= 0.3 is 6.03 Å². The molecular formula is C19H28Cl2N4O. The molecule has 2 saturated heterocycles. The first-order valence-electron chi connectivity index (χ1n) is 9.57. The van der Waals surface area contributed by atoms with Crippen LogP contribution in [0, 0.1) is 0 Å². The molecule has 7 heteroatoms. The monoisotopic (exact) mass is 398 g/mol. The fraction of sp³-hybridized carbons (Fsp3) is 0.632. The summed E-state index contributed by atoms with van der Waals surface area (Å²) < 4.78 is 0. The van der Waals surface area contributed by atoms with Gasteiger partial charge in [0.2, 0.25) is 0 Å². The van der Waals surface area contributed by atoms with Crippen LogP contribution < -0.4 is 5.32 Å². The highest BCUT2D eigenvalue weighted by Crippen LogP contribution is 2.25. The topological polar surface area (TPSA) is 38.8 Å². The van der Waals surface area contributed by atoms with Gasteiger partial charge in [0.15, 0.2) is 0 Å². The van der Waals surface area contributed by atoms with Crippen LogP contribution in [0.4, 0.5) is 10.5 Å². The first kappa shape index (κ1) is 19.7. The molecule has 2 amide bonds. The van der Waals surface area contributed by atoms with Crippen LogP contribution >= 0.6 is 23.2 Å². The fourth-order valence-corrected chi connectivity index (χ4v) is 3.95. The van der Waals surface area contributed by atoms with Crippen molar-refractivity contribution < 1.29 is 4.79 Å². The molecule has 1 aromatic rings. The number of piperazine rings is 1. The van der Waals surface area contributed by atoms with Crippen LogP contribution in [0.3, 0.4) is 0 Å². The molecular weight excluding hydrogens is 371 g/mol. The van der Waals surface area contributed by atoms with Crippen molar-refractivity contribution in [2.75, 3.05) is 57.7 Å². The Morgan fingerprint density at radius 2 is 1.54 bits per heavy atom. The van der Waals surface area contributed by atoms with Gasteiger partial charge < -0.3 is 15.1 Å². The normalized spacial score (nSPS) is 19.5. The number of carbonyl (C=O) groups excluding carboxylic acids is 1. The average Bonchev–Trinajstić information content (AvgIpc) is 2.66. The Bertz CT molecular complexity index is 599. The van der Waals surface area contributed by atoms with Gasteiger partial charge in [-0.3, -0.25) is 4.90 Å². The van der Waals surface area contributed by atoms with E-state index in [1.165, 1.54) is 45.3 Å². The molecule has 5 nitrogen and oxygen atoms in total. The van der Waals surface area contributed by atoms with Crippen LogP contribution in [0.15, 0.2) is 18.2 Å². The highest BCUT2D eigenvalue weighted by molar-refractivity contribution is 6.42. The lowest BCUT2D eigenvalue weighted by Crippen LogP contribution is -2.50. The van der Waals surface area contributed by atoms with Crippen LogP contribution in [-0.4, -0.2) is 73.1 Å². The summed E-state index contributed by atoms with van der Waals surface area (Å²) in [5, 5.41) is 3.84. The van der Waals surface area contributed by atoms with Gasteiger partial charge in [0.05, 0.1) is 10.0 Å². The fourth-order valence-electron chi connectivity index (χ4n) is 3.65. The maximum atomic E-state index is 12.4. The number of rotatable bonds is 5. The predicted octanol–water partition coefficient (Wildman–Crippen LogP) is 4.02. The van der Waals surface area contributed by atoms with Crippen molar-refractivity contribution in [3.05, 3.63) is 28.2 Å². The van der Waals surface area contributed by atoms with E-state index in [0.717, 1.165) is 32.7 Å². The number of halogens is 2. The van der Waals surface area contributed by atoms with E-state index < -0.39 is 0 Å². The Morgan fingerprint density at radius 1 is 0.885 bits per heavy atom. The zero-order chi connectivity index (χ0) is 18.4. The molecule has 0 spiro atoms. The molecule has 0 radical (unpaired) electrons. The number of piperidine rings is 1. The quantitative estimate of drug-likeness (QED) is 0.813. The average molecular weight is 399 g/mol. The molecule has 0 unspecified atom stereocenters. The summed E-state index contributed by atoms with van der Waals surface area (Å²) in [4.78, 5) is 19.3. The predicted molar refractivity (Wildman–Crippen MR) is 108 cm³/mol. The third-order valence-corrected chi connectivity index (χ3v) is 5.97. The summed E-state index contributed by atoms with van der Waals surface area (Å²) in [5.41, 5.74) is 0.674. The van der Waals surface area contributed by atoms with Gasteiger partial charge in [-0.1, -0.05) is 29.6 Å². The van der Waals surface area contributed by atoms with Gasteiger partial charge in [-0.15, -0.1) is 0 Å². The summed E-state index contributed by atoms with van der Waals surface area (Å²) in [6.45, 7) is 8.26. The number of anilines is 1. The molecule has 2 aliphatic rings. The van der Waals surface area contributed by atoms with E-state index in [1.54, 1.807) is 18.2 Å². The van der Waals surface area contributed by atoms with E-state index in [-0.39, 0.29) is 6.03 Å². The lowest BCUT2D eigenvalue weighted by molar-refractivity contribution is 0.139. The van der Waals surface area contributed by atoms with Crippen LogP contribution in [0.25, 0.3) is 0 Å². The summed E-state index contributed by atoms with van der Waals surface area (Å²) in [6, 6.07) is 5.07. The maximum absolute atomic E-state index is 12.4. The number of hydrogen-bond donors (Lipinski definition) is 1. The second-order valence-electron chi connectivity index (χ2n) is 7.14. The third kappa shape index (κ3) is 5.74. The summed E-state index contributed by atoms with van der Waals surface area (Å²) >= 11 is 11.9. The molecule has 2 heterocycles. The van der Waals surface area contributed by atoms with E-state index in [1.807, 2.05) is 4.90 Å². The summed E-state index contributed by atoms with van der Waals surface area (Å²) in [6.07, 6.45) is 5.32. The van der Waals surface area contributed by atoms with Gasteiger partial charge in [-0.2, -0.15) is 0 Å². The minimum atomic E-state index is -0.0728. The summed E-state index contributed by atoms with van der Waals surface area (Å²) in [5.74, 6) is 0. The SMILES string of the molecule is O=C(Nc1ccc(Cl)c(Cl)c1)N1CCN(CCCN2CCCCC2)CC1. The molecule has 0 bridgehead atoms. The molecule has 2 aliphatic heterocycles. The summed E-state index contributed by atoms with van der Waals surface area (Å²) in [7, 11) is 0. The van der Waals surface area contributed by atoms with Crippen molar-refractivity contribution in [3.8, 4) is 0 Å². The van der Waals surface area contributed by atoms with Gasteiger partial charge in [0.25, 0.3) is 0 Å². The molecule has 0 atom stereocenters. The zero-order valence-corrected chi connectivity index (χ0v) is 16.7. The van der Waals surface area contributed by atoms with E-state index in [2.05, 4.69) is 15.1 Å². The minimum absolute atomic E-state index is 0.0728. The molecule has 26 heavy (non-hydrogen) atoms. The Balaban J connectivity index is 1.36. The number of likely N-dealkylation sites (tertiary alicyclic amines) is 1. The van der Waals surface area contributed by atoms with Crippen LogP contribution in [0.2, 0.25) is 10.0 Å². The highest BCUT2D eigenvalue weighted by atomic mass is 35.5.